The fourth-order valence-electron chi connectivity index (χ4n) is 3.56. The molecule has 9 heteroatoms. The summed E-state index contributed by atoms with van der Waals surface area (Å²) < 4.78 is 14.6. The third-order valence-corrected chi connectivity index (χ3v) is 5.10. The number of anilines is 3. The SMILES string of the molecule is NC(=O)c1cc(F)c(NC2CCCCC2N)nc1Nc1cnc2ncccc2c1. The highest BCUT2D eigenvalue weighted by atomic mass is 19.1. The summed E-state index contributed by atoms with van der Waals surface area (Å²) >= 11 is 0. The number of hydrogen-bond acceptors (Lipinski definition) is 7. The first-order valence-electron chi connectivity index (χ1n) is 9.51. The average Bonchev–Trinajstić information content (AvgIpc) is 2.71. The number of aromatic nitrogens is 3. The molecule has 3 aromatic rings. The van der Waals surface area contributed by atoms with Crippen LogP contribution in [0.3, 0.4) is 0 Å². The zero-order valence-corrected chi connectivity index (χ0v) is 15.7. The highest BCUT2D eigenvalue weighted by Crippen LogP contribution is 2.27. The third-order valence-electron chi connectivity index (χ3n) is 5.10. The normalized spacial score (nSPS) is 19.1. The molecule has 8 nitrogen and oxygen atoms in total. The van der Waals surface area contributed by atoms with E-state index in [0.29, 0.717) is 11.3 Å². The Bertz CT molecular complexity index is 1060. The number of carbonyl (C=O) groups is 1. The van der Waals surface area contributed by atoms with Gasteiger partial charge in [0.2, 0.25) is 0 Å². The maximum absolute atomic E-state index is 14.6. The van der Waals surface area contributed by atoms with Crippen LogP contribution in [0.5, 0.6) is 0 Å². The lowest BCUT2D eigenvalue weighted by Crippen LogP contribution is -2.43. The highest BCUT2D eigenvalue weighted by molar-refractivity contribution is 5.98. The lowest BCUT2D eigenvalue weighted by Gasteiger charge is -2.30. The topological polar surface area (TPSA) is 132 Å². The van der Waals surface area contributed by atoms with Crippen molar-refractivity contribution in [3.63, 3.8) is 0 Å². The Morgan fingerprint density at radius 2 is 2.00 bits per heavy atom. The molecule has 0 aromatic carbocycles. The molecule has 150 valence electrons. The first kappa shape index (κ1) is 19.0. The van der Waals surface area contributed by atoms with Crippen molar-refractivity contribution in [3.8, 4) is 0 Å². The number of fused-ring (bicyclic) bond motifs is 1. The predicted molar refractivity (Wildman–Crippen MR) is 109 cm³/mol. The molecule has 2 atom stereocenters. The van der Waals surface area contributed by atoms with Gasteiger partial charge in [-0.1, -0.05) is 12.8 Å². The lowest BCUT2D eigenvalue weighted by molar-refractivity contribution is 0.100. The molecule has 3 heterocycles. The Kier molecular flexibility index (Phi) is 5.22. The molecule has 0 aliphatic heterocycles. The van der Waals surface area contributed by atoms with Crippen molar-refractivity contribution < 1.29 is 9.18 Å². The van der Waals surface area contributed by atoms with E-state index in [4.69, 9.17) is 11.5 Å². The summed E-state index contributed by atoms with van der Waals surface area (Å²) in [6, 6.07) is 6.42. The van der Waals surface area contributed by atoms with Gasteiger partial charge >= 0.3 is 0 Å². The summed E-state index contributed by atoms with van der Waals surface area (Å²) in [5.74, 6) is -1.25. The minimum Gasteiger partial charge on any atom is -0.365 e. The van der Waals surface area contributed by atoms with Crippen LogP contribution in [0.1, 0.15) is 36.0 Å². The number of hydrogen-bond donors (Lipinski definition) is 4. The van der Waals surface area contributed by atoms with E-state index in [9.17, 15) is 9.18 Å². The minimum absolute atomic E-state index is 0.0373. The molecule has 0 saturated heterocycles. The summed E-state index contributed by atoms with van der Waals surface area (Å²) in [6.45, 7) is 0. The summed E-state index contributed by atoms with van der Waals surface area (Å²) in [5.41, 5.74) is 12.7. The molecular weight excluding hydrogens is 373 g/mol. The molecule has 1 saturated carbocycles. The molecule has 3 aromatic heterocycles. The van der Waals surface area contributed by atoms with Gasteiger partial charge in [0.1, 0.15) is 5.82 Å². The van der Waals surface area contributed by atoms with Crippen molar-refractivity contribution in [1.82, 2.24) is 15.0 Å². The molecule has 1 fully saturated rings. The van der Waals surface area contributed by atoms with Crippen LogP contribution in [0.2, 0.25) is 0 Å². The Morgan fingerprint density at radius 3 is 2.79 bits per heavy atom. The van der Waals surface area contributed by atoms with Crippen molar-refractivity contribution in [2.75, 3.05) is 10.6 Å². The van der Waals surface area contributed by atoms with Crippen LogP contribution in [0, 0.1) is 5.82 Å². The second-order valence-corrected chi connectivity index (χ2v) is 7.18. The van der Waals surface area contributed by atoms with Gasteiger partial charge in [0.25, 0.3) is 5.91 Å². The maximum atomic E-state index is 14.6. The Hall–Kier alpha value is -3.33. The predicted octanol–water partition coefficient (Wildman–Crippen LogP) is 2.69. The number of primary amides is 1. The van der Waals surface area contributed by atoms with Crippen LogP contribution in [0.15, 0.2) is 36.7 Å². The van der Waals surface area contributed by atoms with Crippen LogP contribution in [-0.2, 0) is 0 Å². The van der Waals surface area contributed by atoms with Crippen molar-refractivity contribution >= 4 is 34.3 Å². The monoisotopic (exact) mass is 395 g/mol. The average molecular weight is 395 g/mol. The molecule has 0 bridgehead atoms. The lowest BCUT2D eigenvalue weighted by atomic mass is 9.91. The zero-order valence-electron chi connectivity index (χ0n) is 15.7. The Morgan fingerprint density at radius 1 is 1.17 bits per heavy atom. The molecular formula is C20H22FN7O. The largest absolute Gasteiger partial charge is 0.365 e. The zero-order chi connectivity index (χ0) is 20.4. The second kappa shape index (κ2) is 7.96. The molecule has 4 rings (SSSR count). The van der Waals surface area contributed by atoms with E-state index in [1.807, 2.05) is 12.1 Å². The van der Waals surface area contributed by atoms with E-state index in [-0.39, 0.29) is 29.3 Å². The van der Waals surface area contributed by atoms with Crippen molar-refractivity contribution in [3.05, 3.63) is 48.0 Å². The van der Waals surface area contributed by atoms with E-state index in [1.54, 1.807) is 18.5 Å². The van der Waals surface area contributed by atoms with Gasteiger partial charge in [-0.25, -0.2) is 19.3 Å². The van der Waals surface area contributed by atoms with Crippen LogP contribution in [0.4, 0.5) is 21.7 Å². The van der Waals surface area contributed by atoms with Crippen LogP contribution in [0.25, 0.3) is 11.0 Å². The Labute approximate surface area is 166 Å². The van der Waals surface area contributed by atoms with Gasteiger partial charge in [-0.05, 0) is 37.1 Å². The molecule has 0 spiro atoms. The van der Waals surface area contributed by atoms with Gasteiger partial charge in [-0.15, -0.1) is 0 Å². The number of pyridine rings is 3. The number of amides is 1. The smallest absolute Gasteiger partial charge is 0.252 e. The van der Waals surface area contributed by atoms with Gasteiger partial charge in [0, 0.05) is 23.7 Å². The summed E-state index contributed by atoms with van der Waals surface area (Å²) in [6.07, 6.45) is 7.02. The molecule has 1 aliphatic carbocycles. The molecule has 0 radical (unpaired) electrons. The van der Waals surface area contributed by atoms with E-state index >= 15 is 0 Å². The summed E-state index contributed by atoms with van der Waals surface area (Å²) in [4.78, 5) is 24.6. The van der Waals surface area contributed by atoms with Crippen molar-refractivity contribution in [1.29, 1.82) is 0 Å². The van der Waals surface area contributed by atoms with Gasteiger partial charge in [0.05, 0.1) is 17.4 Å². The fourth-order valence-corrected chi connectivity index (χ4v) is 3.56. The van der Waals surface area contributed by atoms with E-state index in [0.717, 1.165) is 37.1 Å². The van der Waals surface area contributed by atoms with Crippen molar-refractivity contribution in [2.45, 2.75) is 37.8 Å². The number of carbonyl (C=O) groups excluding carboxylic acids is 1. The van der Waals surface area contributed by atoms with Crippen molar-refractivity contribution in [2.24, 2.45) is 11.5 Å². The number of nitrogens with one attached hydrogen (secondary N) is 2. The molecule has 1 amide bonds. The Balaban J connectivity index is 1.67. The van der Waals surface area contributed by atoms with Crippen LogP contribution in [-0.4, -0.2) is 32.9 Å². The van der Waals surface area contributed by atoms with E-state index < -0.39 is 11.7 Å². The number of nitrogens with two attached hydrogens (primary N) is 2. The fraction of sp³-hybridized carbons (Fsp3) is 0.300. The number of halogens is 1. The molecule has 1 aliphatic rings. The van der Waals surface area contributed by atoms with E-state index in [1.165, 1.54) is 0 Å². The van der Waals surface area contributed by atoms with Gasteiger partial charge < -0.3 is 22.1 Å². The maximum Gasteiger partial charge on any atom is 0.252 e. The molecule has 2 unspecified atom stereocenters. The summed E-state index contributed by atoms with van der Waals surface area (Å²) in [5, 5.41) is 6.93. The summed E-state index contributed by atoms with van der Waals surface area (Å²) in [7, 11) is 0. The molecule has 29 heavy (non-hydrogen) atoms. The quantitative estimate of drug-likeness (QED) is 0.522. The standard InChI is InChI=1S/C20H22FN7O/c21-14-9-13(17(23)29)19(28-20(14)27-16-6-2-1-5-15(16)22)26-12-8-11-4-3-7-24-18(11)25-10-12/h3-4,7-10,15-16H,1-2,5-6,22H2,(H2,23,29)(H2,26,27,28). The van der Waals surface area contributed by atoms with Crippen LogP contribution < -0.4 is 22.1 Å². The van der Waals surface area contributed by atoms with Gasteiger partial charge in [-0.3, -0.25) is 4.79 Å². The molecule has 6 N–H and O–H groups in total. The first-order valence-corrected chi connectivity index (χ1v) is 9.51. The highest BCUT2D eigenvalue weighted by Gasteiger charge is 2.24. The van der Waals surface area contributed by atoms with E-state index in [2.05, 4.69) is 25.6 Å². The number of rotatable bonds is 5. The van der Waals surface area contributed by atoms with Gasteiger partial charge in [-0.2, -0.15) is 0 Å². The van der Waals surface area contributed by atoms with Gasteiger partial charge in [0.15, 0.2) is 17.3 Å². The second-order valence-electron chi connectivity index (χ2n) is 7.18. The first-order chi connectivity index (χ1) is 14.0. The minimum atomic E-state index is -0.782. The van der Waals surface area contributed by atoms with Crippen LogP contribution >= 0.6 is 0 Å². The third kappa shape index (κ3) is 4.09. The number of nitrogens with zero attached hydrogens (tertiary/aromatic N) is 3.